The summed E-state index contributed by atoms with van der Waals surface area (Å²) in [5, 5.41) is 10.4. The first-order valence-electron chi connectivity index (χ1n) is 12.3. The number of ether oxygens (including phenoxy) is 1. The van der Waals surface area contributed by atoms with Crippen LogP contribution < -0.4 is 21.3 Å². The number of hydrogen-bond acceptors (Lipinski definition) is 7. The van der Waals surface area contributed by atoms with Crippen LogP contribution in [0.2, 0.25) is 0 Å². The molecule has 4 amide bonds. The minimum absolute atomic E-state index is 0.0307. The zero-order valence-electron chi connectivity index (χ0n) is 22.1. The summed E-state index contributed by atoms with van der Waals surface area (Å²) >= 11 is 0. The summed E-state index contributed by atoms with van der Waals surface area (Å²) in [6.07, 6.45) is 2.95. The zero-order valence-corrected chi connectivity index (χ0v) is 22.1. The molecule has 36 heavy (non-hydrogen) atoms. The van der Waals surface area contributed by atoms with Gasteiger partial charge in [0.25, 0.3) is 0 Å². The lowest BCUT2D eigenvalue weighted by Crippen LogP contribution is -2.56. The molecule has 0 heterocycles. The van der Waals surface area contributed by atoms with Gasteiger partial charge in [0.1, 0.15) is 25.0 Å². The lowest BCUT2D eigenvalue weighted by atomic mass is 9.97. The molecular formula is C25H42N4O7. The van der Waals surface area contributed by atoms with E-state index >= 15 is 0 Å². The van der Waals surface area contributed by atoms with E-state index in [0.29, 0.717) is 19.1 Å². The summed E-state index contributed by atoms with van der Waals surface area (Å²) in [7, 11) is 0. The van der Waals surface area contributed by atoms with Gasteiger partial charge in [-0.05, 0) is 25.2 Å². The molecule has 0 fully saturated rings. The van der Waals surface area contributed by atoms with E-state index in [-0.39, 0.29) is 44.2 Å². The van der Waals surface area contributed by atoms with Crippen LogP contribution in [-0.2, 0) is 33.5 Å². The maximum Gasteiger partial charge on any atom is 0.306 e. The molecule has 0 saturated heterocycles. The average Bonchev–Trinajstić information content (AvgIpc) is 2.83. The lowest BCUT2D eigenvalue weighted by molar-refractivity contribution is -0.143. The highest BCUT2D eigenvalue weighted by Crippen LogP contribution is 2.09. The fourth-order valence-corrected chi connectivity index (χ4v) is 3.12. The van der Waals surface area contributed by atoms with Gasteiger partial charge in [0.2, 0.25) is 23.6 Å². The molecule has 11 nitrogen and oxygen atoms in total. The van der Waals surface area contributed by atoms with Gasteiger partial charge >= 0.3 is 5.97 Å². The van der Waals surface area contributed by atoms with Gasteiger partial charge in [0.05, 0.1) is 12.5 Å². The van der Waals surface area contributed by atoms with Crippen LogP contribution in [0.1, 0.15) is 66.7 Å². The minimum Gasteiger partial charge on any atom is -0.461 e. The second-order valence-electron chi connectivity index (χ2n) is 9.11. The number of rotatable bonds is 18. The predicted molar refractivity (Wildman–Crippen MR) is 134 cm³/mol. The fraction of sp³-hybridized carbons (Fsp3) is 0.680. The van der Waals surface area contributed by atoms with E-state index in [4.69, 9.17) is 4.74 Å². The van der Waals surface area contributed by atoms with Gasteiger partial charge in [0, 0.05) is 19.4 Å². The maximum atomic E-state index is 12.8. The Bertz CT molecular complexity index is 770. The molecule has 0 rings (SSSR count). The van der Waals surface area contributed by atoms with Crippen molar-refractivity contribution in [1.29, 1.82) is 0 Å². The summed E-state index contributed by atoms with van der Waals surface area (Å²) < 4.78 is 4.79. The molecule has 4 atom stereocenters. The predicted octanol–water partition coefficient (Wildman–Crippen LogP) is 0.768. The van der Waals surface area contributed by atoms with E-state index in [1.54, 1.807) is 6.92 Å². The number of hydrogen-bond donors (Lipinski definition) is 4. The first kappa shape index (κ1) is 32.8. The Hall–Kier alpha value is -3.24. The van der Waals surface area contributed by atoms with Crippen molar-refractivity contribution in [1.82, 2.24) is 21.3 Å². The number of esters is 1. The Morgan fingerprint density at radius 2 is 1.56 bits per heavy atom. The minimum atomic E-state index is -0.909. The molecule has 4 N–H and O–H groups in total. The highest BCUT2D eigenvalue weighted by molar-refractivity contribution is 5.92. The van der Waals surface area contributed by atoms with Gasteiger partial charge in [-0.25, -0.2) is 0 Å². The summed E-state index contributed by atoms with van der Waals surface area (Å²) in [6, 6.07) is -2.44. The first-order chi connectivity index (χ1) is 16.9. The van der Waals surface area contributed by atoms with Crippen LogP contribution in [-0.4, -0.2) is 67.2 Å². The molecule has 0 aromatic rings. The number of nitrogens with one attached hydrogen (secondary N) is 4. The van der Waals surface area contributed by atoms with Gasteiger partial charge in [-0.15, -0.1) is 0 Å². The lowest BCUT2D eigenvalue weighted by Gasteiger charge is -2.26. The molecule has 0 aliphatic carbocycles. The van der Waals surface area contributed by atoms with Crippen LogP contribution in [0.15, 0.2) is 12.7 Å². The molecule has 11 heteroatoms. The number of amides is 4. The maximum absolute atomic E-state index is 12.8. The van der Waals surface area contributed by atoms with E-state index in [9.17, 15) is 28.8 Å². The molecule has 0 saturated carbocycles. The molecule has 204 valence electrons. The Morgan fingerprint density at radius 1 is 0.889 bits per heavy atom. The van der Waals surface area contributed by atoms with E-state index in [1.807, 2.05) is 20.8 Å². The topological polar surface area (TPSA) is 160 Å². The van der Waals surface area contributed by atoms with Crippen LogP contribution in [0.3, 0.4) is 0 Å². The summed E-state index contributed by atoms with van der Waals surface area (Å²) in [6.45, 7) is 12.6. The summed E-state index contributed by atoms with van der Waals surface area (Å²) in [5.41, 5.74) is 0. The number of aldehydes is 1. The first-order valence-corrected chi connectivity index (χ1v) is 12.3. The summed E-state index contributed by atoms with van der Waals surface area (Å²) in [5.74, 6) is -2.39. The highest BCUT2D eigenvalue weighted by atomic mass is 16.5. The van der Waals surface area contributed by atoms with Crippen molar-refractivity contribution in [3.8, 4) is 0 Å². The molecular weight excluding hydrogens is 468 g/mol. The molecule has 0 aromatic heterocycles. The van der Waals surface area contributed by atoms with Crippen molar-refractivity contribution < 1.29 is 33.5 Å². The van der Waals surface area contributed by atoms with Gasteiger partial charge in [-0.3, -0.25) is 24.0 Å². The van der Waals surface area contributed by atoms with E-state index in [0.717, 1.165) is 0 Å². The van der Waals surface area contributed by atoms with Gasteiger partial charge in [-0.1, -0.05) is 46.8 Å². The quantitative estimate of drug-likeness (QED) is 0.120. The molecule has 4 unspecified atom stereocenters. The van der Waals surface area contributed by atoms with Gasteiger partial charge in [-0.2, -0.15) is 0 Å². The zero-order chi connectivity index (χ0) is 27.7. The van der Waals surface area contributed by atoms with Crippen molar-refractivity contribution >= 4 is 35.9 Å². The van der Waals surface area contributed by atoms with Crippen LogP contribution in [0.25, 0.3) is 0 Å². The highest BCUT2D eigenvalue weighted by Gasteiger charge is 2.28. The Kier molecular flexibility index (Phi) is 16.5. The SMILES string of the molecule is C=CCOC(=O)CCC(=O)NCCC(=O)NC(C(=O)NC(C)C(=O)NC(C=O)CC(C)C)C(C)CC. The Labute approximate surface area is 213 Å². The smallest absolute Gasteiger partial charge is 0.306 e. The van der Waals surface area contributed by atoms with E-state index in [2.05, 4.69) is 27.8 Å². The molecule has 0 radical (unpaired) electrons. The number of carbonyl (C=O) groups is 6. The van der Waals surface area contributed by atoms with E-state index < -0.39 is 47.7 Å². The Morgan fingerprint density at radius 3 is 2.11 bits per heavy atom. The van der Waals surface area contributed by atoms with Crippen molar-refractivity contribution in [3.05, 3.63) is 12.7 Å². The van der Waals surface area contributed by atoms with Gasteiger partial charge < -0.3 is 30.8 Å². The average molecular weight is 511 g/mol. The van der Waals surface area contributed by atoms with E-state index in [1.165, 1.54) is 13.0 Å². The fourth-order valence-electron chi connectivity index (χ4n) is 3.12. The van der Waals surface area contributed by atoms with Crippen molar-refractivity contribution in [2.24, 2.45) is 11.8 Å². The third kappa shape index (κ3) is 14.2. The monoisotopic (exact) mass is 510 g/mol. The molecule has 0 spiro atoms. The second-order valence-corrected chi connectivity index (χ2v) is 9.11. The third-order valence-electron chi connectivity index (χ3n) is 5.37. The normalized spacial score (nSPS) is 13.9. The van der Waals surface area contributed by atoms with Crippen molar-refractivity contribution in [2.45, 2.75) is 84.8 Å². The van der Waals surface area contributed by atoms with Gasteiger partial charge in [0.15, 0.2) is 0 Å². The molecule has 0 aliphatic heterocycles. The molecule has 0 aromatic carbocycles. The standard InChI is InChI=1S/C25H42N4O7/c1-7-13-36-22(33)10-9-20(31)26-12-11-21(32)29-23(17(5)8-2)25(35)27-18(6)24(34)28-19(15-30)14-16(3)4/h7,15-19,23H,1,8-14H2,2-6H3,(H,26,31)(H,27,35)(H,28,34)(H,29,32). The third-order valence-corrected chi connectivity index (χ3v) is 5.37. The van der Waals surface area contributed by atoms with Crippen molar-refractivity contribution in [2.75, 3.05) is 13.2 Å². The number of carbonyl (C=O) groups excluding carboxylic acids is 6. The Balaban J connectivity index is 4.72. The van der Waals surface area contributed by atoms with Crippen LogP contribution >= 0.6 is 0 Å². The van der Waals surface area contributed by atoms with Crippen LogP contribution in [0.5, 0.6) is 0 Å². The largest absolute Gasteiger partial charge is 0.461 e. The molecule has 0 bridgehead atoms. The van der Waals surface area contributed by atoms with Crippen molar-refractivity contribution in [3.63, 3.8) is 0 Å². The second kappa shape index (κ2) is 18.1. The van der Waals surface area contributed by atoms with Crippen LogP contribution in [0.4, 0.5) is 0 Å². The molecule has 0 aliphatic rings. The summed E-state index contributed by atoms with van der Waals surface area (Å²) in [4.78, 5) is 72.1. The van der Waals surface area contributed by atoms with Crippen LogP contribution in [0, 0.1) is 11.8 Å².